The molecule has 8 heteroatoms. The van der Waals surface area contributed by atoms with Crippen molar-refractivity contribution in [2.75, 3.05) is 0 Å². The van der Waals surface area contributed by atoms with Crippen LogP contribution in [0, 0.1) is 0 Å². The zero-order chi connectivity index (χ0) is 14.8. The standard InChI is InChI=1S/C12H13Cl2N3O2S/c1-2-7-17-11(15-16-12(17)20(14,18)19)8-9-5-3-4-6-10(9)13/h3-6H,2,7-8H2,1H3. The van der Waals surface area contributed by atoms with Crippen LogP contribution in [0.5, 0.6) is 0 Å². The number of halogens is 2. The first kappa shape index (κ1) is 15.3. The van der Waals surface area contributed by atoms with Crippen LogP contribution < -0.4 is 0 Å². The van der Waals surface area contributed by atoms with E-state index in [1.807, 2.05) is 25.1 Å². The zero-order valence-electron chi connectivity index (χ0n) is 10.8. The number of nitrogens with zero attached hydrogens (tertiary/aromatic N) is 3. The monoisotopic (exact) mass is 333 g/mol. The first-order chi connectivity index (χ1) is 9.43. The van der Waals surface area contributed by atoms with E-state index in [9.17, 15) is 8.42 Å². The molecule has 0 spiro atoms. The van der Waals surface area contributed by atoms with Crippen molar-refractivity contribution >= 4 is 31.3 Å². The van der Waals surface area contributed by atoms with E-state index >= 15 is 0 Å². The predicted octanol–water partition coefficient (Wildman–Crippen LogP) is 2.86. The highest BCUT2D eigenvalue weighted by molar-refractivity contribution is 8.13. The van der Waals surface area contributed by atoms with E-state index in [2.05, 4.69) is 10.2 Å². The van der Waals surface area contributed by atoms with Gasteiger partial charge in [0.1, 0.15) is 5.82 Å². The summed E-state index contributed by atoms with van der Waals surface area (Å²) in [4.78, 5) is 0. The first-order valence-corrected chi connectivity index (χ1v) is 8.72. The number of hydrogen-bond donors (Lipinski definition) is 0. The second kappa shape index (κ2) is 6.11. The molecule has 0 N–H and O–H groups in total. The molecule has 2 rings (SSSR count). The van der Waals surface area contributed by atoms with Gasteiger partial charge in [0.25, 0.3) is 14.2 Å². The highest BCUT2D eigenvalue weighted by atomic mass is 35.7. The van der Waals surface area contributed by atoms with Crippen molar-refractivity contribution in [1.29, 1.82) is 0 Å². The third kappa shape index (κ3) is 3.31. The Morgan fingerprint density at radius 1 is 1.25 bits per heavy atom. The summed E-state index contributed by atoms with van der Waals surface area (Å²) in [5.41, 5.74) is 0.859. The predicted molar refractivity (Wildman–Crippen MR) is 77.6 cm³/mol. The summed E-state index contributed by atoms with van der Waals surface area (Å²) in [5.74, 6) is 0.527. The lowest BCUT2D eigenvalue weighted by atomic mass is 10.1. The SMILES string of the molecule is CCCn1c(Cc2ccccc2Cl)nnc1S(=O)(=O)Cl. The Morgan fingerprint density at radius 3 is 2.55 bits per heavy atom. The molecule has 0 fully saturated rings. The number of benzene rings is 1. The fourth-order valence-corrected chi connectivity index (χ4v) is 3.03. The maximum Gasteiger partial charge on any atom is 0.296 e. The van der Waals surface area contributed by atoms with Crippen LogP contribution in [0.2, 0.25) is 5.02 Å². The van der Waals surface area contributed by atoms with E-state index in [0.29, 0.717) is 23.8 Å². The van der Waals surface area contributed by atoms with Crippen LogP contribution >= 0.6 is 22.3 Å². The summed E-state index contributed by atoms with van der Waals surface area (Å²) in [6.45, 7) is 2.41. The maximum atomic E-state index is 11.5. The lowest BCUT2D eigenvalue weighted by Crippen LogP contribution is -2.10. The van der Waals surface area contributed by atoms with Crippen molar-refractivity contribution in [3.05, 3.63) is 40.7 Å². The van der Waals surface area contributed by atoms with E-state index in [1.54, 1.807) is 6.07 Å². The molecule has 1 heterocycles. The average Bonchev–Trinajstić information content (AvgIpc) is 2.76. The summed E-state index contributed by atoms with van der Waals surface area (Å²) in [6, 6.07) is 7.33. The van der Waals surface area contributed by atoms with Crippen molar-refractivity contribution < 1.29 is 8.42 Å². The molecule has 0 bridgehead atoms. The van der Waals surface area contributed by atoms with E-state index in [1.165, 1.54) is 4.57 Å². The normalized spacial score (nSPS) is 11.8. The van der Waals surface area contributed by atoms with Gasteiger partial charge in [-0.3, -0.25) is 0 Å². The van der Waals surface area contributed by atoms with E-state index < -0.39 is 9.05 Å². The molecule has 0 amide bonds. The van der Waals surface area contributed by atoms with Gasteiger partial charge in [0.2, 0.25) is 0 Å². The number of hydrogen-bond acceptors (Lipinski definition) is 4. The van der Waals surface area contributed by atoms with Gasteiger partial charge in [-0.05, 0) is 18.1 Å². The molecular weight excluding hydrogens is 321 g/mol. The highest BCUT2D eigenvalue weighted by Gasteiger charge is 2.22. The Kier molecular flexibility index (Phi) is 4.67. The molecule has 5 nitrogen and oxygen atoms in total. The molecule has 2 aromatic rings. The van der Waals surface area contributed by atoms with Crippen LogP contribution in [0.4, 0.5) is 0 Å². The van der Waals surface area contributed by atoms with Crippen molar-refractivity contribution in [2.24, 2.45) is 0 Å². The van der Waals surface area contributed by atoms with Crippen LogP contribution in [0.25, 0.3) is 0 Å². The zero-order valence-corrected chi connectivity index (χ0v) is 13.1. The molecule has 0 atom stereocenters. The molecule has 108 valence electrons. The van der Waals surface area contributed by atoms with Crippen molar-refractivity contribution in [1.82, 2.24) is 14.8 Å². The molecule has 0 radical (unpaired) electrons. The van der Waals surface area contributed by atoms with Gasteiger partial charge in [-0.2, -0.15) is 0 Å². The average molecular weight is 334 g/mol. The molecule has 0 saturated carbocycles. The second-order valence-corrected chi connectivity index (χ2v) is 7.12. The minimum Gasteiger partial charge on any atom is -0.301 e. The second-order valence-electron chi connectivity index (χ2n) is 4.26. The van der Waals surface area contributed by atoms with E-state index in [4.69, 9.17) is 22.3 Å². The first-order valence-electron chi connectivity index (χ1n) is 6.03. The molecule has 1 aromatic carbocycles. The Morgan fingerprint density at radius 2 is 1.95 bits per heavy atom. The van der Waals surface area contributed by atoms with Gasteiger partial charge in [-0.15, -0.1) is 10.2 Å². The van der Waals surface area contributed by atoms with Gasteiger partial charge in [0, 0.05) is 28.7 Å². The quantitative estimate of drug-likeness (QED) is 0.789. The molecule has 0 saturated heterocycles. The minimum atomic E-state index is -3.91. The lowest BCUT2D eigenvalue weighted by molar-refractivity contribution is 0.558. The summed E-state index contributed by atoms with van der Waals surface area (Å²) in [6.07, 6.45) is 1.14. The summed E-state index contributed by atoms with van der Waals surface area (Å²) >= 11 is 6.10. The number of aromatic nitrogens is 3. The molecule has 0 aliphatic heterocycles. The van der Waals surface area contributed by atoms with Crippen molar-refractivity contribution in [3.63, 3.8) is 0 Å². The van der Waals surface area contributed by atoms with Gasteiger partial charge in [-0.25, -0.2) is 8.42 Å². The summed E-state index contributed by atoms with van der Waals surface area (Å²) in [7, 11) is 1.46. The Hall–Kier alpha value is -1.11. The van der Waals surface area contributed by atoms with E-state index in [-0.39, 0.29) is 5.16 Å². The molecule has 0 unspecified atom stereocenters. The summed E-state index contributed by atoms with van der Waals surface area (Å²) in [5, 5.41) is 8.00. The lowest BCUT2D eigenvalue weighted by Gasteiger charge is -2.08. The van der Waals surface area contributed by atoms with E-state index in [0.717, 1.165) is 12.0 Å². The Bertz CT molecular complexity index is 713. The van der Waals surface area contributed by atoms with Crippen LogP contribution in [-0.4, -0.2) is 23.2 Å². The number of rotatable bonds is 5. The van der Waals surface area contributed by atoms with Gasteiger partial charge in [0.05, 0.1) is 0 Å². The van der Waals surface area contributed by atoms with Crippen molar-refractivity contribution in [3.8, 4) is 0 Å². The fraction of sp³-hybridized carbons (Fsp3) is 0.333. The Labute approximate surface area is 127 Å². The third-order valence-corrected chi connectivity index (χ3v) is 4.29. The Balaban J connectivity index is 2.43. The van der Waals surface area contributed by atoms with Crippen LogP contribution in [-0.2, 0) is 22.0 Å². The summed E-state index contributed by atoms with van der Waals surface area (Å²) < 4.78 is 24.5. The minimum absolute atomic E-state index is 0.219. The molecule has 0 aliphatic carbocycles. The maximum absolute atomic E-state index is 11.5. The van der Waals surface area contributed by atoms with Crippen molar-refractivity contribution in [2.45, 2.75) is 31.5 Å². The van der Waals surface area contributed by atoms with Gasteiger partial charge in [-0.1, -0.05) is 36.7 Å². The molecule has 0 aliphatic rings. The van der Waals surface area contributed by atoms with Gasteiger partial charge >= 0.3 is 0 Å². The molecular formula is C12H13Cl2N3O2S. The molecule has 1 aromatic heterocycles. The van der Waals surface area contributed by atoms with Crippen LogP contribution in [0.1, 0.15) is 24.7 Å². The smallest absolute Gasteiger partial charge is 0.296 e. The van der Waals surface area contributed by atoms with Gasteiger partial charge < -0.3 is 4.57 Å². The largest absolute Gasteiger partial charge is 0.301 e. The van der Waals surface area contributed by atoms with Crippen LogP contribution in [0.15, 0.2) is 29.4 Å². The highest BCUT2D eigenvalue weighted by Crippen LogP contribution is 2.21. The van der Waals surface area contributed by atoms with Gasteiger partial charge in [0.15, 0.2) is 0 Å². The molecule has 20 heavy (non-hydrogen) atoms. The third-order valence-electron chi connectivity index (χ3n) is 2.77. The topological polar surface area (TPSA) is 64.8 Å². The van der Waals surface area contributed by atoms with Crippen LogP contribution in [0.3, 0.4) is 0 Å². The fourth-order valence-electron chi connectivity index (χ4n) is 1.89.